The van der Waals surface area contributed by atoms with E-state index in [1.165, 1.54) is 17.6 Å². The number of imide groups is 1. The second-order valence-corrected chi connectivity index (χ2v) is 8.17. The van der Waals surface area contributed by atoms with E-state index in [1.54, 1.807) is 36.9 Å². The van der Waals surface area contributed by atoms with Gasteiger partial charge in [-0.1, -0.05) is 66.7 Å². The van der Waals surface area contributed by atoms with Gasteiger partial charge in [-0.3, -0.25) is 4.79 Å². The molecule has 1 aliphatic rings. The maximum absolute atomic E-state index is 13.4. The molecule has 3 aromatic rings. The highest BCUT2D eigenvalue weighted by molar-refractivity contribution is 6.23. The predicted octanol–water partition coefficient (Wildman–Crippen LogP) is 5.03. The first-order valence-electron chi connectivity index (χ1n) is 10.3. The van der Waals surface area contributed by atoms with Crippen molar-refractivity contribution in [2.75, 3.05) is 12.0 Å². The lowest BCUT2D eigenvalue weighted by Crippen LogP contribution is -2.43. The number of hydrogen-bond acceptors (Lipinski definition) is 3. The molecule has 0 radical (unpaired) electrons. The number of carbonyl (C=O) groups is 2. The molecular formula is C26H26N2O3. The van der Waals surface area contributed by atoms with Crippen LogP contribution in [0.4, 0.5) is 10.5 Å². The van der Waals surface area contributed by atoms with Gasteiger partial charge in [-0.05, 0) is 49.1 Å². The molecule has 1 aliphatic heterocycles. The van der Waals surface area contributed by atoms with E-state index in [9.17, 15) is 9.59 Å². The lowest BCUT2D eigenvalue weighted by atomic mass is 9.97. The number of amides is 3. The fourth-order valence-electron chi connectivity index (χ4n) is 4.00. The molecular weight excluding hydrogens is 388 g/mol. The molecule has 0 saturated carbocycles. The van der Waals surface area contributed by atoms with Gasteiger partial charge in [0.15, 0.2) is 0 Å². The molecule has 0 spiro atoms. The molecule has 3 aromatic carbocycles. The third kappa shape index (κ3) is 3.79. The molecule has 0 N–H and O–H groups in total. The molecule has 158 valence electrons. The second kappa shape index (κ2) is 8.26. The number of anilines is 1. The Morgan fingerprint density at radius 1 is 0.806 bits per heavy atom. The largest absolute Gasteiger partial charge is 0.495 e. The zero-order valence-electron chi connectivity index (χ0n) is 18.0. The average Bonchev–Trinajstić information content (AvgIpc) is 2.95. The van der Waals surface area contributed by atoms with Crippen molar-refractivity contribution in [3.63, 3.8) is 0 Å². The Labute approximate surface area is 182 Å². The summed E-state index contributed by atoms with van der Waals surface area (Å²) in [6.45, 7) is 3.94. The Hall–Kier alpha value is -3.60. The maximum atomic E-state index is 13.4. The van der Waals surface area contributed by atoms with E-state index in [0.29, 0.717) is 18.0 Å². The summed E-state index contributed by atoms with van der Waals surface area (Å²) in [6, 6.07) is 25.1. The fourth-order valence-corrected chi connectivity index (χ4v) is 4.00. The average molecular weight is 415 g/mol. The maximum Gasteiger partial charge on any atom is 0.332 e. The van der Waals surface area contributed by atoms with Gasteiger partial charge in [0.05, 0.1) is 12.8 Å². The van der Waals surface area contributed by atoms with Gasteiger partial charge >= 0.3 is 6.03 Å². The number of hydrogen-bond donors (Lipinski definition) is 0. The van der Waals surface area contributed by atoms with Crippen LogP contribution < -0.4 is 9.64 Å². The summed E-state index contributed by atoms with van der Waals surface area (Å²) in [4.78, 5) is 29.6. The van der Waals surface area contributed by atoms with Gasteiger partial charge in [-0.15, -0.1) is 0 Å². The Bertz CT molecular complexity index is 1110. The summed E-state index contributed by atoms with van der Waals surface area (Å²) in [7, 11) is 1.53. The monoisotopic (exact) mass is 414 g/mol. The number of ether oxygens (including phenoxy) is 1. The standard InChI is InChI=1S/C26H26N2O3/c1-26(2)24(29)28(22-15-9-10-16-23(22)31-3)25(30)27(26)18-21-14-8-7-13-20(21)17-19-11-5-4-6-12-19/h4-16H,17-18H2,1-3H3. The van der Waals surface area contributed by atoms with E-state index in [4.69, 9.17) is 4.74 Å². The van der Waals surface area contributed by atoms with Crippen LogP contribution in [0.2, 0.25) is 0 Å². The van der Waals surface area contributed by atoms with Crippen molar-refractivity contribution in [2.45, 2.75) is 32.4 Å². The molecule has 1 fully saturated rings. The van der Waals surface area contributed by atoms with Crippen LogP contribution in [0.1, 0.15) is 30.5 Å². The van der Waals surface area contributed by atoms with Crippen molar-refractivity contribution in [3.05, 3.63) is 95.6 Å². The number of rotatable bonds is 6. The van der Waals surface area contributed by atoms with Crippen molar-refractivity contribution in [1.29, 1.82) is 0 Å². The molecule has 4 rings (SSSR count). The summed E-state index contributed by atoms with van der Waals surface area (Å²) in [5, 5.41) is 0. The van der Waals surface area contributed by atoms with Crippen molar-refractivity contribution >= 4 is 17.6 Å². The number of benzene rings is 3. The number of urea groups is 1. The van der Waals surface area contributed by atoms with Gasteiger partial charge in [0, 0.05) is 6.54 Å². The van der Waals surface area contributed by atoms with E-state index >= 15 is 0 Å². The molecule has 5 nitrogen and oxygen atoms in total. The first-order valence-corrected chi connectivity index (χ1v) is 10.3. The molecule has 5 heteroatoms. The van der Waals surface area contributed by atoms with Crippen LogP contribution in [-0.2, 0) is 17.8 Å². The second-order valence-electron chi connectivity index (χ2n) is 8.17. The highest BCUT2D eigenvalue weighted by Gasteiger charge is 2.52. The van der Waals surface area contributed by atoms with Gasteiger partial charge in [0.1, 0.15) is 11.3 Å². The molecule has 1 saturated heterocycles. The molecule has 0 unspecified atom stereocenters. The third-order valence-electron chi connectivity index (χ3n) is 5.83. The van der Waals surface area contributed by atoms with E-state index in [0.717, 1.165) is 17.5 Å². The summed E-state index contributed by atoms with van der Waals surface area (Å²) < 4.78 is 5.40. The lowest BCUT2D eigenvalue weighted by Gasteiger charge is -2.28. The smallest absolute Gasteiger partial charge is 0.332 e. The predicted molar refractivity (Wildman–Crippen MR) is 121 cm³/mol. The van der Waals surface area contributed by atoms with Gasteiger partial charge in [0.25, 0.3) is 5.91 Å². The SMILES string of the molecule is COc1ccccc1N1C(=O)N(Cc2ccccc2Cc2ccccc2)C(C)(C)C1=O. The van der Waals surface area contributed by atoms with E-state index in [-0.39, 0.29) is 11.9 Å². The van der Waals surface area contributed by atoms with Crippen LogP contribution >= 0.6 is 0 Å². The Morgan fingerprint density at radius 2 is 1.42 bits per heavy atom. The molecule has 0 atom stereocenters. The first-order chi connectivity index (χ1) is 14.9. The summed E-state index contributed by atoms with van der Waals surface area (Å²) in [6.07, 6.45) is 0.768. The zero-order chi connectivity index (χ0) is 22.0. The van der Waals surface area contributed by atoms with Crippen LogP contribution in [0.3, 0.4) is 0 Å². The Morgan fingerprint density at radius 3 is 2.13 bits per heavy atom. The minimum absolute atomic E-state index is 0.262. The summed E-state index contributed by atoms with van der Waals surface area (Å²) >= 11 is 0. The normalized spacial score (nSPS) is 15.5. The third-order valence-corrected chi connectivity index (χ3v) is 5.83. The van der Waals surface area contributed by atoms with E-state index < -0.39 is 5.54 Å². The fraction of sp³-hybridized carbons (Fsp3) is 0.231. The highest BCUT2D eigenvalue weighted by Crippen LogP contribution is 2.37. The Kier molecular flexibility index (Phi) is 5.51. The first kappa shape index (κ1) is 20.7. The minimum atomic E-state index is -0.974. The van der Waals surface area contributed by atoms with Crippen molar-refractivity contribution in [1.82, 2.24) is 4.90 Å². The Balaban J connectivity index is 1.66. The van der Waals surface area contributed by atoms with Crippen LogP contribution in [0, 0.1) is 0 Å². The molecule has 0 aliphatic carbocycles. The van der Waals surface area contributed by atoms with Gasteiger partial charge in [0.2, 0.25) is 0 Å². The zero-order valence-corrected chi connectivity index (χ0v) is 18.0. The van der Waals surface area contributed by atoms with Crippen LogP contribution in [-0.4, -0.2) is 29.5 Å². The summed E-state index contributed by atoms with van der Waals surface area (Å²) in [5.74, 6) is 0.230. The van der Waals surface area contributed by atoms with Crippen LogP contribution in [0.15, 0.2) is 78.9 Å². The van der Waals surface area contributed by atoms with Gasteiger partial charge < -0.3 is 9.64 Å². The highest BCUT2D eigenvalue weighted by atomic mass is 16.5. The molecule has 31 heavy (non-hydrogen) atoms. The molecule has 0 bridgehead atoms. The molecule has 0 aromatic heterocycles. The quantitative estimate of drug-likeness (QED) is 0.532. The van der Waals surface area contributed by atoms with E-state index in [2.05, 4.69) is 18.2 Å². The van der Waals surface area contributed by atoms with Crippen molar-refractivity contribution < 1.29 is 14.3 Å². The molecule has 3 amide bonds. The van der Waals surface area contributed by atoms with E-state index in [1.807, 2.05) is 42.5 Å². The summed E-state index contributed by atoms with van der Waals surface area (Å²) in [5.41, 5.74) is 2.86. The van der Waals surface area contributed by atoms with Gasteiger partial charge in [-0.25, -0.2) is 9.69 Å². The molecule has 1 heterocycles. The number of nitrogens with zero attached hydrogens (tertiary/aromatic N) is 2. The van der Waals surface area contributed by atoms with Crippen molar-refractivity contribution in [2.24, 2.45) is 0 Å². The topological polar surface area (TPSA) is 49.9 Å². The lowest BCUT2D eigenvalue weighted by molar-refractivity contribution is -0.123. The number of para-hydroxylation sites is 2. The van der Waals surface area contributed by atoms with Gasteiger partial charge in [-0.2, -0.15) is 0 Å². The number of carbonyl (C=O) groups excluding carboxylic acids is 2. The van der Waals surface area contributed by atoms with Crippen LogP contribution in [0.5, 0.6) is 5.75 Å². The minimum Gasteiger partial charge on any atom is -0.495 e. The van der Waals surface area contributed by atoms with Crippen LogP contribution in [0.25, 0.3) is 0 Å². The number of methoxy groups -OCH3 is 1. The van der Waals surface area contributed by atoms with Crippen molar-refractivity contribution in [3.8, 4) is 5.75 Å².